The van der Waals surface area contributed by atoms with Gasteiger partial charge in [0.1, 0.15) is 17.5 Å². The first-order valence-corrected chi connectivity index (χ1v) is 8.52. The number of carboxylic acid groups (broad SMARTS) is 1. The first kappa shape index (κ1) is 22.0. The van der Waals surface area contributed by atoms with E-state index in [4.69, 9.17) is 4.74 Å². The van der Waals surface area contributed by atoms with Crippen molar-refractivity contribution < 1.29 is 58.6 Å². The molecule has 1 aliphatic heterocycles. The standard InChI is InChI=1S/C21H18O6.Na/c1-12(22)10-14(11-13-6-2-3-7-15(13)20(24)25)18-19(23)16-8-4-5-9-17(16)27-21(18)26;/h2-9,14,18H,10-11H2,1H3,(H,24,25);/q;+1/p-1. The number of rotatable bonds is 6. The molecule has 0 aromatic heterocycles. The molecule has 0 saturated carbocycles. The number of ketones is 2. The molecule has 1 heterocycles. The van der Waals surface area contributed by atoms with Crippen LogP contribution in [0.5, 0.6) is 5.75 Å². The fourth-order valence-corrected chi connectivity index (χ4v) is 3.47. The Morgan fingerprint density at radius 3 is 2.39 bits per heavy atom. The zero-order valence-corrected chi connectivity index (χ0v) is 17.6. The summed E-state index contributed by atoms with van der Waals surface area (Å²) in [6, 6.07) is 12.6. The quantitative estimate of drug-likeness (QED) is 0.261. The van der Waals surface area contributed by atoms with Gasteiger partial charge in [-0.3, -0.25) is 9.59 Å². The average molecular weight is 388 g/mol. The molecule has 0 bridgehead atoms. The molecular formula is C21H17NaO6. The molecule has 2 atom stereocenters. The Hall–Kier alpha value is -2.28. The van der Waals surface area contributed by atoms with Gasteiger partial charge in [0.25, 0.3) is 0 Å². The zero-order valence-electron chi connectivity index (χ0n) is 15.6. The van der Waals surface area contributed by atoms with Crippen LogP contribution >= 0.6 is 0 Å². The number of para-hydroxylation sites is 1. The number of hydrogen-bond acceptors (Lipinski definition) is 6. The summed E-state index contributed by atoms with van der Waals surface area (Å²) in [6.45, 7) is 1.37. The van der Waals surface area contributed by atoms with Crippen LogP contribution < -0.4 is 39.4 Å². The fourth-order valence-electron chi connectivity index (χ4n) is 3.47. The minimum atomic E-state index is -1.35. The van der Waals surface area contributed by atoms with Crippen molar-refractivity contribution in [3.05, 3.63) is 65.2 Å². The van der Waals surface area contributed by atoms with Crippen LogP contribution in [0.15, 0.2) is 48.5 Å². The number of carbonyl (C=O) groups excluding carboxylic acids is 4. The molecule has 0 radical (unpaired) electrons. The third kappa shape index (κ3) is 4.58. The molecular weight excluding hydrogens is 371 g/mol. The average Bonchev–Trinajstić information content (AvgIpc) is 2.61. The predicted octanol–water partition coefficient (Wildman–Crippen LogP) is -1.39. The van der Waals surface area contributed by atoms with E-state index in [0.717, 1.165) is 0 Å². The number of carbonyl (C=O) groups is 4. The molecule has 0 saturated heterocycles. The second-order valence-corrected chi connectivity index (χ2v) is 6.57. The van der Waals surface area contributed by atoms with E-state index < -0.39 is 29.6 Å². The van der Waals surface area contributed by atoms with Crippen LogP contribution in [0, 0.1) is 11.8 Å². The Bertz CT molecular complexity index is 936. The molecule has 2 aromatic rings. The van der Waals surface area contributed by atoms with Crippen molar-refractivity contribution in [1.29, 1.82) is 0 Å². The molecule has 6 nitrogen and oxygen atoms in total. The summed E-state index contributed by atoms with van der Waals surface area (Å²) in [5.41, 5.74) is 0.662. The van der Waals surface area contributed by atoms with E-state index in [9.17, 15) is 24.3 Å². The first-order valence-electron chi connectivity index (χ1n) is 8.52. The van der Waals surface area contributed by atoms with Gasteiger partial charge in [0.05, 0.1) is 11.5 Å². The van der Waals surface area contributed by atoms with E-state index in [1.54, 1.807) is 36.4 Å². The van der Waals surface area contributed by atoms with E-state index >= 15 is 0 Å². The van der Waals surface area contributed by atoms with Gasteiger partial charge in [-0.2, -0.15) is 0 Å². The van der Waals surface area contributed by atoms with Crippen molar-refractivity contribution >= 4 is 23.5 Å². The second kappa shape index (κ2) is 9.28. The number of esters is 1. The maximum Gasteiger partial charge on any atom is 1.00 e. The maximum atomic E-state index is 12.9. The van der Waals surface area contributed by atoms with E-state index in [1.807, 2.05) is 0 Å². The fraction of sp³-hybridized carbons (Fsp3) is 0.238. The van der Waals surface area contributed by atoms with Crippen molar-refractivity contribution in [2.45, 2.75) is 19.8 Å². The summed E-state index contributed by atoms with van der Waals surface area (Å²) >= 11 is 0. The van der Waals surface area contributed by atoms with Crippen molar-refractivity contribution in [3.63, 3.8) is 0 Å². The van der Waals surface area contributed by atoms with Gasteiger partial charge in [-0.1, -0.05) is 36.4 Å². The van der Waals surface area contributed by atoms with Crippen LogP contribution in [-0.4, -0.2) is 23.5 Å². The van der Waals surface area contributed by atoms with Crippen LogP contribution in [-0.2, 0) is 16.0 Å². The number of fused-ring (bicyclic) bond motifs is 1. The summed E-state index contributed by atoms with van der Waals surface area (Å²) in [6.07, 6.45) is 0.0203. The van der Waals surface area contributed by atoms with Gasteiger partial charge in [-0.25, -0.2) is 0 Å². The molecule has 0 N–H and O–H groups in total. The molecule has 2 unspecified atom stereocenters. The monoisotopic (exact) mass is 388 g/mol. The zero-order chi connectivity index (χ0) is 19.6. The summed E-state index contributed by atoms with van der Waals surface area (Å²) < 4.78 is 5.29. The largest absolute Gasteiger partial charge is 1.00 e. The topological polar surface area (TPSA) is 101 Å². The van der Waals surface area contributed by atoms with Crippen LogP contribution in [0.2, 0.25) is 0 Å². The summed E-state index contributed by atoms with van der Waals surface area (Å²) in [5.74, 6) is -4.38. The molecule has 28 heavy (non-hydrogen) atoms. The van der Waals surface area contributed by atoms with Gasteiger partial charge >= 0.3 is 35.5 Å². The smallest absolute Gasteiger partial charge is 0.545 e. The molecule has 3 rings (SSSR count). The van der Waals surface area contributed by atoms with E-state index in [0.29, 0.717) is 5.56 Å². The number of Topliss-reactive ketones (excluding diaryl/α,β-unsaturated/α-hetero) is 2. The van der Waals surface area contributed by atoms with Gasteiger partial charge in [-0.15, -0.1) is 0 Å². The molecule has 0 aliphatic carbocycles. The minimum Gasteiger partial charge on any atom is -0.545 e. The Morgan fingerprint density at radius 2 is 1.71 bits per heavy atom. The van der Waals surface area contributed by atoms with Crippen molar-refractivity contribution in [1.82, 2.24) is 0 Å². The normalized spacial score (nSPS) is 16.4. The summed E-state index contributed by atoms with van der Waals surface area (Å²) in [4.78, 5) is 48.6. The Labute approximate surface area is 184 Å². The minimum absolute atomic E-state index is 0. The van der Waals surface area contributed by atoms with E-state index in [1.165, 1.54) is 19.1 Å². The van der Waals surface area contributed by atoms with Crippen LogP contribution in [0.4, 0.5) is 0 Å². The van der Waals surface area contributed by atoms with Crippen LogP contribution in [0.3, 0.4) is 0 Å². The molecule has 138 valence electrons. The summed E-state index contributed by atoms with van der Waals surface area (Å²) in [5, 5.41) is 11.4. The molecule has 0 fully saturated rings. The Morgan fingerprint density at radius 1 is 1.07 bits per heavy atom. The number of hydrogen-bond donors (Lipinski definition) is 0. The van der Waals surface area contributed by atoms with Gasteiger partial charge < -0.3 is 19.4 Å². The van der Waals surface area contributed by atoms with Gasteiger partial charge in [-0.05, 0) is 37.0 Å². The van der Waals surface area contributed by atoms with E-state index in [-0.39, 0.29) is 65.1 Å². The van der Waals surface area contributed by atoms with E-state index in [2.05, 4.69) is 0 Å². The summed E-state index contributed by atoms with van der Waals surface area (Å²) in [7, 11) is 0. The van der Waals surface area contributed by atoms with Gasteiger partial charge in [0.2, 0.25) is 0 Å². The van der Waals surface area contributed by atoms with Crippen LogP contribution in [0.1, 0.15) is 39.6 Å². The van der Waals surface area contributed by atoms with Crippen molar-refractivity contribution in [2.24, 2.45) is 11.8 Å². The second-order valence-electron chi connectivity index (χ2n) is 6.57. The number of benzene rings is 2. The molecule has 1 aliphatic rings. The number of aromatic carboxylic acids is 1. The van der Waals surface area contributed by atoms with Gasteiger partial charge in [0, 0.05) is 12.0 Å². The predicted molar refractivity (Wildman–Crippen MR) is 93.2 cm³/mol. The van der Waals surface area contributed by atoms with Crippen molar-refractivity contribution in [3.8, 4) is 5.75 Å². The number of ether oxygens (including phenoxy) is 1. The Kier molecular flexibility index (Phi) is 7.29. The molecule has 7 heteroatoms. The van der Waals surface area contributed by atoms with Gasteiger partial charge in [0.15, 0.2) is 5.78 Å². The SMILES string of the molecule is CC(=O)CC(Cc1ccccc1C(=O)[O-])C1C(=O)Oc2ccccc2C1=O.[Na+]. The van der Waals surface area contributed by atoms with Crippen molar-refractivity contribution in [2.75, 3.05) is 0 Å². The third-order valence-electron chi connectivity index (χ3n) is 4.64. The third-order valence-corrected chi connectivity index (χ3v) is 4.64. The first-order chi connectivity index (χ1) is 12.9. The maximum absolute atomic E-state index is 12.9. The Balaban J connectivity index is 0.00000280. The van der Waals surface area contributed by atoms with Crippen LogP contribution in [0.25, 0.3) is 0 Å². The molecule has 2 aromatic carbocycles. The molecule has 0 amide bonds. The molecule has 0 spiro atoms. The number of carboxylic acids is 1.